The Morgan fingerprint density at radius 1 is 0.319 bits per heavy atom. The summed E-state index contributed by atoms with van der Waals surface area (Å²) in [5, 5.41) is 0. The quantitative estimate of drug-likeness (QED) is 0.136. The van der Waals surface area contributed by atoms with Crippen molar-refractivity contribution in [3.05, 3.63) is 0 Å². The monoisotopic (exact) mass is 849 g/mol. The van der Waals surface area contributed by atoms with E-state index in [4.69, 9.17) is 0 Å². The molecule has 0 rings (SSSR count). The van der Waals surface area contributed by atoms with Gasteiger partial charge in [0, 0.05) is 64.6 Å². The fourth-order valence-corrected chi connectivity index (χ4v) is 215. The maximum absolute atomic E-state index is 3.12. The van der Waals surface area contributed by atoms with E-state index in [2.05, 4.69) is 191 Å². The molecule has 1 radical (unpaired) electrons. The molecule has 0 nitrogen and oxygen atoms in total. The molecular weight excluding hydrogens is 757 g/mol. The van der Waals surface area contributed by atoms with Crippen LogP contribution in [0.1, 0.15) is 27.7 Å². The van der Waals surface area contributed by atoms with E-state index in [1.165, 1.54) is 8.13 Å². The van der Waals surface area contributed by atoms with Crippen molar-refractivity contribution >= 4 is 95.3 Å². The SMILES string of the molecule is CC(C)[Si]([Si]=[Si](C)[Si](C(C)C)(C([Si](C)(C)C)[Si](C)(C)C)C([Si](C)(C)C)[Si](C)(C)C)(C([Si](C)(C)C)[Si](C)(C)C)C([Si](C)(C)C)[Si](C)(C)C. The van der Waals surface area contributed by atoms with Crippen LogP contribution in [0.3, 0.4) is 0 Å². The van der Waals surface area contributed by atoms with Gasteiger partial charge in [-0.3, -0.25) is 0 Å². The maximum Gasteiger partial charge on any atom is 0.0575 e. The minimum atomic E-state index is -1.80. The molecule has 47 heavy (non-hydrogen) atoms. The number of hydrogen-bond acceptors (Lipinski definition) is 0. The molecule has 0 aromatic rings. The minimum Gasteiger partial charge on any atom is -0.0698 e. The molecule has 0 amide bonds. The molecule has 0 unspecified atom stereocenters. The Bertz CT molecular complexity index is 934. The van der Waals surface area contributed by atoms with Crippen LogP contribution in [0, 0.1) is 0 Å². The van der Waals surface area contributed by atoms with Crippen molar-refractivity contribution in [1.82, 2.24) is 0 Å². The summed E-state index contributed by atoms with van der Waals surface area (Å²) in [6.45, 7) is 83.4. The first kappa shape index (κ1) is 49.6. The molecule has 0 N–H and O–H groups in total. The third-order valence-corrected chi connectivity index (χ3v) is 123. The molecular formula is C35H93Si12. The molecule has 12 heteroatoms. The van der Waals surface area contributed by atoms with Gasteiger partial charge in [0.05, 0.1) is 15.2 Å². The highest BCUT2D eigenvalue weighted by atomic mass is 29.6. The van der Waals surface area contributed by atoms with Crippen LogP contribution in [0.2, 0.25) is 194 Å². The minimum absolute atomic E-state index is 0.586. The van der Waals surface area contributed by atoms with Crippen LogP contribution in [-0.2, 0) is 0 Å². The molecule has 0 aromatic heterocycles. The van der Waals surface area contributed by atoms with E-state index in [1.54, 1.807) is 0 Å². The Labute approximate surface area is 314 Å². The molecule has 0 aromatic carbocycles. The molecule has 0 aliphatic rings. The summed E-state index contributed by atoms with van der Waals surface area (Å²) in [6, 6.07) is 0. The summed E-state index contributed by atoms with van der Waals surface area (Å²) in [4.78, 5) is 4.51. The van der Waals surface area contributed by atoms with E-state index in [-0.39, 0.29) is 0 Å². The summed E-state index contributed by atoms with van der Waals surface area (Å²) in [7, 11) is -14.5. The Hall–Kier alpha value is 2.60. The Balaban J connectivity index is 9.65. The van der Waals surface area contributed by atoms with E-state index in [1.807, 2.05) is 0 Å². The van der Waals surface area contributed by atoms with Gasteiger partial charge in [-0.2, -0.15) is 0 Å². The lowest BCUT2D eigenvalue weighted by atomic mass is 10.6. The number of rotatable bonds is 16. The van der Waals surface area contributed by atoms with Gasteiger partial charge in [-0.25, -0.2) is 0 Å². The largest absolute Gasteiger partial charge is 0.0698 e. The van der Waals surface area contributed by atoms with Crippen molar-refractivity contribution in [1.29, 1.82) is 0 Å². The predicted octanol–water partition coefficient (Wildman–Crippen LogP) is 14.1. The summed E-state index contributed by atoms with van der Waals surface area (Å²) in [6.07, 6.45) is 0. The van der Waals surface area contributed by atoms with Gasteiger partial charge < -0.3 is 0 Å². The number of hydrogen-bond donors (Lipinski definition) is 0. The fourth-order valence-electron chi connectivity index (χ4n) is 14.2. The summed E-state index contributed by atoms with van der Waals surface area (Å²) in [5.41, 5.74) is 1.84. The first-order valence-corrected chi connectivity index (χ1v) is 58.7. The highest BCUT2D eigenvalue weighted by Crippen LogP contribution is 2.59. The molecule has 0 aliphatic heterocycles. The zero-order chi connectivity index (χ0) is 38.7. The summed E-state index contributed by atoms with van der Waals surface area (Å²) < 4.78 is 0. The average molecular weight is 851 g/mol. The topological polar surface area (TPSA) is 0 Å². The predicted molar refractivity (Wildman–Crippen MR) is 261 cm³/mol. The van der Waals surface area contributed by atoms with Crippen LogP contribution in [0.4, 0.5) is 0 Å². The van der Waals surface area contributed by atoms with Gasteiger partial charge in [0.1, 0.15) is 0 Å². The van der Waals surface area contributed by atoms with Crippen LogP contribution in [-0.4, -0.2) is 95.3 Å². The Kier molecular flexibility index (Phi) is 16.2. The van der Waals surface area contributed by atoms with Crippen molar-refractivity contribution in [3.8, 4) is 0 Å². The summed E-state index contributed by atoms with van der Waals surface area (Å²) in [5.74, 6) is 0. The molecule has 281 valence electrons. The molecule has 0 bridgehead atoms. The highest BCUT2D eigenvalue weighted by molar-refractivity contribution is 7.60. The van der Waals surface area contributed by atoms with E-state index in [0.29, 0.717) is 0 Å². The lowest BCUT2D eigenvalue weighted by Crippen LogP contribution is -2.77. The molecule has 0 heterocycles. The van der Waals surface area contributed by atoms with E-state index in [9.17, 15) is 0 Å². The van der Waals surface area contributed by atoms with E-state index >= 15 is 0 Å². The van der Waals surface area contributed by atoms with Crippen molar-refractivity contribution in [2.75, 3.05) is 0 Å². The molecule has 0 spiro atoms. The van der Waals surface area contributed by atoms with Crippen LogP contribution in [0.25, 0.3) is 0 Å². The standard InChI is InChI=1S/C35H93Si12/c1-30(2)46(32(38(6,7)8)39(9,10)11,33(40(12,13)14)41(15,16)17)36-37(5)47(31(3)4,34(42(18,19)20)43(21,22)23)35(44(24,25)26)45(27,28)29/h30-35H,1-29H3. The van der Waals surface area contributed by atoms with Gasteiger partial charge in [0.15, 0.2) is 0 Å². The molecule has 0 fully saturated rings. The van der Waals surface area contributed by atoms with Crippen LogP contribution >= 0.6 is 0 Å². The van der Waals surface area contributed by atoms with Gasteiger partial charge >= 0.3 is 0 Å². The molecule has 0 aliphatic carbocycles. The normalized spacial score (nSPS) is 16.6. The average Bonchev–Trinajstić information content (AvgIpc) is 2.63. The van der Waals surface area contributed by atoms with Crippen molar-refractivity contribution in [2.24, 2.45) is 0 Å². The second-order valence-corrected chi connectivity index (χ2v) is 99.0. The van der Waals surface area contributed by atoms with Crippen molar-refractivity contribution in [2.45, 2.75) is 222 Å². The lowest BCUT2D eigenvalue weighted by Gasteiger charge is -2.64. The van der Waals surface area contributed by atoms with Crippen molar-refractivity contribution < 1.29 is 0 Å². The molecule has 0 saturated carbocycles. The van der Waals surface area contributed by atoms with Crippen LogP contribution in [0.5, 0.6) is 0 Å². The van der Waals surface area contributed by atoms with Gasteiger partial charge in [0.25, 0.3) is 0 Å². The Morgan fingerprint density at radius 2 is 0.511 bits per heavy atom. The van der Waals surface area contributed by atoms with Gasteiger partial charge in [0.2, 0.25) is 0 Å². The van der Waals surface area contributed by atoms with E-state index in [0.717, 1.165) is 30.2 Å². The summed E-state index contributed by atoms with van der Waals surface area (Å²) >= 11 is 0. The second kappa shape index (κ2) is 15.4. The third kappa shape index (κ3) is 11.1. The third-order valence-electron chi connectivity index (χ3n) is 11.8. The molecule has 0 saturated heterocycles. The Morgan fingerprint density at radius 3 is 0.638 bits per heavy atom. The first-order valence-electron chi connectivity index (χ1n) is 19.6. The van der Waals surface area contributed by atoms with E-state index < -0.39 is 87.2 Å². The highest BCUT2D eigenvalue weighted by Gasteiger charge is 2.66. The molecule has 0 atom stereocenters. The van der Waals surface area contributed by atoms with Crippen molar-refractivity contribution in [3.63, 3.8) is 0 Å². The zero-order valence-electron chi connectivity index (χ0n) is 38.5. The van der Waals surface area contributed by atoms with Gasteiger partial charge in [-0.15, -0.1) is 0 Å². The fraction of sp³-hybridized carbons (Fsp3) is 1.00. The van der Waals surface area contributed by atoms with Crippen LogP contribution < -0.4 is 0 Å². The smallest absolute Gasteiger partial charge is 0.0575 e. The zero-order valence-corrected chi connectivity index (χ0v) is 50.5. The van der Waals surface area contributed by atoms with Gasteiger partial charge in [-0.05, 0) is 15.5 Å². The second-order valence-electron chi connectivity index (χ2n) is 25.6. The maximum atomic E-state index is 3.12. The lowest BCUT2D eigenvalue weighted by molar-refractivity contribution is 0.987. The first-order chi connectivity index (χ1) is 20.0. The van der Waals surface area contributed by atoms with Crippen LogP contribution in [0.15, 0.2) is 0 Å². The van der Waals surface area contributed by atoms with Gasteiger partial charge in [-0.1, -0.05) is 222 Å².